The number of aromatic nitrogens is 3. The van der Waals surface area contributed by atoms with E-state index in [0.29, 0.717) is 10.5 Å². The topological polar surface area (TPSA) is 52.2 Å². The molecule has 0 aliphatic carbocycles. The molecule has 0 unspecified atom stereocenters. The third-order valence-corrected chi connectivity index (χ3v) is 4.89. The van der Waals surface area contributed by atoms with Crippen molar-refractivity contribution < 1.29 is 4.79 Å². The minimum atomic E-state index is -0.300. The quantitative estimate of drug-likeness (QED) is 0.724. The van der Waals surface area contributed by atoms with Crippen molar-refractivity contribution in [2.24, 2.45) is 12.0 Å². The Morgan fingerprint density at radius 3 is 2.65 bits per heavy atom. The molecule has 0 atom stereocenters. The summed E-state index contributed by atoms with van der Waals surface area (Å²) in [6.45, 7) is 8.09. The molecule has 120 valence electrons. The summed E-state index contributed by atoms with van der Waals surface area (Å²) in [6, 6.07) is 8.25. The maximum Gasteiger partial charge on any atom is 0.300 e. The fourth-order valence-corrected chi connectivity index (χ4v) is 3.72. The van der Waals surface area contributed by atoms with Crippen LogP contribution in [0.5, 0.6) is 0 Å². The van der Waals surface area contributed by atoms with E-state index in [1.807, 2.05) is 37.1 Å². The summed E-state index contributed by atoms with van der Waals surface area (Å²) >= 11 is 1.52. The molecule has 23 heavy (non-hydrogen) atoms. The lowest BCUT2D eigenvalue weighted by atomic mass is 10.2. The van der Waals surface area contributed by atoms with Crippen LogP contribution in [-0.4, -0.2) is 20.3 Å². The number of rotatable bonds is 2. The van der Waals surface area contributed by atoms with Gasteiger partial charge in [0.05, 0.1) is 10.2 Å². The van der Waals surface area contributed by atoms with Crippen LogP contribution in [0.25, 0.3) is 10.2 Å². The SMILES string of the molecule is Cc1ccc2c(c1)sc(=NC(=O)c1cc(C)n(C(C)C)n1)n2C. The van der Waals surface area contributed by atoms with Gasteiger partial charge in [0.2, 0.25) is 0 Å². The van der Waals surface area contributed by atoms with Crippen LogP contribution in [0.15, 0.2) is 29.3 Å². The summed E-state index contributed by atoms with van der Waals surface area (Å²) < 4.78 is 4.92. The zero-order chi connectivity index (χ0) is 16.7. The third-order valence-electron chi connectivity index (χ3n) is 3.79. The number of benzene rings is 1. The van der Waals surface area contributed by atoms with Crippen molar-refractivity contribution in [2.75, 3.05) is 0 Å². The molecule has 5 nitrogen and oxygen atoms in total. The molecule has 0 saturated carbocycles. The van der Waals surface area contributed by atoms with Gasteiger partial charge in [0.15, 0.2) is 10.5 Å². The second-order valence-electron chi connectivity index (χ2n) is 6.04. The summed E-state index contributed by atoms with van der Waals surface area (Å²) in [6.07, 6.45) is 0. The number of aryl methyl sites for hydroxylation is 3. The second-order valence-corrected chi connectivity index (χ2v) is 7.05. The molecule has 0 spiro atoms. The summed E-state index contributed by atoms with van der Waals surface area (Å²) in [5.74, 6) is -0.300. The predicted molar refractivity (Wildman–Crippen MR) is 92.8 cm³/mol. The molecule has 0 fully saturated rings. The highest BCUT2D eigenvalue weighted by Gasteiger charge is 2.14. The average molecular weight is 328 g/mol. The van der Waals surface area contributed by atoms with Gasteiger partial charge in [-0.15, -0.1) is 0 Å². The number of thiazole rings is 1. The van der Waals surface area contributed by atoms with Crippen molar-refractivity contribution in [2.45, 2.75) is 33.7 Å². The van der Waals surface area contributed by atoms with Crippen molar-refractivity contribution >= 4 is 27.5 Å². The van der Waals surface area contributed by atoms with E-state index < -0.39 is 0 Å². The molecule has 1 amide bonds. The van der Waals surface area contributed by atoms with Gasteiger partial charge >= 0.3 is 0 Å². The molecule has 0 saturated heterocycles. The van der Waals surface area contributed by atoms with Gasteiger partial charge < -0.3 is 4.57 Å². The van der Waals surface area contributed by atoms with Crippen LogP contribution in [0, 0.1) is 13.8 Å². The molecule has 2 aromatic heterocycles. The van der Waals surface area contributed by atoms with Crippen molar-refractivity contribution in [3.8, 4) is 0 Å². The highest BCUT2D eigenvalue weighted by Crippen LogP contribution is 2.18. The first-order chi connectivity index (χ1) is 10.9. The summed E-state index contributed by atoms with van der Waals surface area (Å²) in [4.78, 5) is 17.4. The normalized spacial score (nSPS) is 12.5. The molecule has 0 aliphatic heterocycles. The van der Waals surface area contributed by atoms with Crippen LogP contribution in [0.2, 0.25) is 0 Å². The van der Waals surface area contributed by atoms with E-state index in [0.717, 1.165) is 15.9 Å². The van der Waals surface area contributed by atoms with E-state index in [2.05, 4.69) is 35.2 Å². The molecular weight excluding hydrogens is 308 g/mol. The minimum Gasteiger partial charge on any atom is -0.319 e. The van der Waals surface area contributed by atoms with Crippen LogP contribution in [-0.2, 0) is 7.05 Å². The van der Waals surface area contributed by atoms with Gasteiger partial charge in [-0.2, -0.15) is 10.1 Å². The molecular formula is C17H20N4OS. The van der Waals surface area contributed by atoms with Gasteiger partial charge in [-0.05, 0) is 51.5 Å². The lowest BCUT2D eigenvalue weighted by molar-refractivity contribution is 0.0992. The number of amides is 1. The third kappa shape index (κ3) is 2.86. The summed E-state index contributed by atoms with van der Waals surface area (Å²) in [5, 5.41) is 4.37. The molecule has 0 aliphatic rings. The number of carbonyl (C=O) groups excluding carboxylic acids is 1. The number of hydrogen-bond acceptors (Lipinski definition) is 3. The molecule has 6 heteroatoms. The van der Waals surface area contributed by atoms with E-state index in [9.17, 15) is 4.79 Å². The number of hydrogen-bond donors (Lipinski definition) is 0. The summed E-state index contributed by atoms with van der Waals surface area (Å²) in [7, 11) is 1.93. The van der Waals surface area contributed by atoms with Crippen LogP contribution in [0.4, 0.5) is 0 Å². The molecule has 0 radical (unpaired) electrons. The highest BCUT2D eigenvalue weighted by molar-refractivity contribution is 7.16. The van der Waals surface area contributed by atoms with E-state index in [4.69, 9.17) is 0 Å². The van der Waals surface area contributed by atoms with Gasteiger partial charge in [-0.25, -0.2) is 0 Å². The smallest absolute Gasteiger partial charge is 0.300 e. The zero-order valence-electron chi connectivity index (χ0n) is 14.0. The Kier molecular flexibility index (Phi) is 3.93. The molecule has 2 heterocycles. The van der Waals surface area contributed by atoms with Crippen LogP contribution < -0.4 is 4.80 Å². The Labute approximate surface area is 138 Å². The van der Waals surface area contributed by atoms with E-state index in [1.165, 1.54) is 16.9 Å². The van der Waals surface area contributed by atoms with Gasteiger partial charge in [-0.3, -0.25) is 9.48 Å². The van der Waals surface area contributed by atoms with Crippen LogP contribution in [0.3, 0.4) is 0 Å². The average Bonchev–Trinajstić information content (AvgIpc) is 3.00. The lowest BCUT2D eigenvalue weighted by Crippen LogP contribution is -2.14. The number of nitrogens with zero attached hydrogens (tertiary/aromatic N) is 4. The van der Waals surface area contributed by atoms with Crippen molar-refractivity contribution in [1.82, 2.24) is 14.3 Å². The maximum absolute atomic E-state index is 12.4. The fourth-order valence-electron chi connectivity index (χ4n) is 2.61. The van der Waals surface area contributed by atoms with Crippen molar-refractivity contribution in [3.05, 3.63) is 46.0 Å². The Morgan fingerprint density at radius 1 is 1.26 bits per heavy atom. The van der Waals surface area contributed by atoms with Crippen molar-refractivity contribution in [3.63, 3.8) is 0 Å². The predicted octanol–water partition coefficient (Wildman–Crippen LogP) is 3.38. The Hall–Kier alpha value is -2.21. The highest BCUT2D eigenvalue weighted by atomic mass is 32.1. The first-order valence-electron chi connectivity index (χ1n) is 7.58. The van der Waals surface area contributed by atoms with Gasteiger partial charge in [0.25, 0.3) is 5.91 Å². The maximum atomic E-state index is 12.4. The Balaban J connectivity index is 2.06. The fraction of sp³-hybridized carbons (Fsp3) is 0.353. The molecule has 3 rings (SSSR count). The molecule has 0 bridgehead atoms. The first-order valence-corrected chi connectivity index (χ1v) is 8.40. The minimum absolute atomic E-state index is 0.222. The van der Waals surface area contributed by atoms with Crippen LogP contribution in [0.1, 0.15) is 41.6 Å². The van der Waals surface area contributed by atoms with Gasteiger partial charge in [-0.1, -0.05) is 17.4 Å². The largest absolute Gasteiger partial charge is 0.319 e. The first kappa shape index (κ1) is 15.7. The Bertz CT molecular complexity index is 959. The van der Waals surface area contributed by atoms with Crippen LogP contribution >= 0.6 is 11.3 Å². The lowest BCUT2D eigenvalue weighted by Gasteiger charge is -2.06. The van der Waals surface area contributed by atoms with E-state index in [1.54, 1.807) is 6.07 Å². The van der Waals surface area contributed by atoms with E-state index in [-0.39, 0.29) is 11.9 Å². The standard InChI is InChI=1S/C17H20N4OS/c1-10(2)21-12(4)9-13(19-21)16(22)18-17-20(5)14-7-6-11(3)8-15(14)23-17/h6-10H,1-5H3. The molecule has 0 N–H and O–H groups in total. The zero-order valence-corrected chi connectivity index (χ0v) is 14.8. The summed E-state index contributed by atoms with van der Waals surface area (Å²) in [5.41, 5.74) is 3.64. The molecule has 1 aromatic carbocycles. The number of carbonyl (C=O) groups is 1. The van der Waals surface area contributed by atoms with E-state index >= 15 is 0 Å². The van der Waals surface area contributed by atoms with Gasteiger partial charge in [0, 0.05) is 18.8 Å². The Morgan fingerprint density at radius 2 is 2.00 bits per heavy atom. The monoisotopic (exact) mass is 328 g/mol. The number of fused-ring (bicyclic) bond motifs is 1. The second kappa shape index (κ2) is 5.77. The van der Waals surface area contributed by atoms with Gasteiger partial charge in [0.1, 0.15) is 0 Å². The molecule has 3 aromatic rings. The van der Waals surface area contributed by atoms with Crippen molar-refractivity contribution in [1.29, 1.82) is 0 Å².